The smallest absolute Gasteiger partial charge is 0.410 e. The van der Waals surface area contributed by atoms with Crippen molar-refractivity contribution in [2.75, 3.05) is 122 Å². The molecule has 0 radical (unpaired) electrons. The Hall–Kier alpha value is -11.8. The minimum atomic E-state index is -0.973. The maximum Gasteiger partial charge on any atom is 0.410 e. The summed E-state index contributed by atoms with van der Waals surface area (Å²) in [6, 6.07) is 40.6. The number of rotatable bonds is 28. The van der Waals surface area contributed by atoms with E-state index in [1.54, 1.807) is 67.5 Å². The summed E-state index contributed by atoms with van der Waals surface area (Å²) in [5.74, 6) is 5.03. The number of methoxy groups -OCH3 is 4. The molecule has 3 aliphatic carbocycles. The molecule has 5 aliphatic rings. The largest absolute Gasteiger partial charge is 0.497 e. The molecule has 27 nitrogen and oxygen atoms in total. The highest BCUT2D eigenvalue weighted by molar-refractivity contribution is 5.86. The Kier molecular flexibility index (Phi) is 26.1. The van der Waals surface area contributed by atoms with Crippen molar-refractivity contribution in [3.63, 3.8) is 0 Å². The molecule has 27 heteroatoms. The molecular weight excluding hydrogens is 1490 g/mol. The van der Waals surface area contributed by atoms with E-state index >= 15 is 0 Å². The zero-order chi connectivity index (χ0) is 81.2. The van der Waals surface area contributed by atoms with Crippen molar-refractivity contribution in [2.45, 2.75) is 117 Å². The second-order valence-corrected chi connectivity index (χ2v) is 32.4. The summed E-state index contributed by atoms with van der Waals surface area (Å²) in [6.07, 6.45) is 26.6. The predicted octanol–water partition coefficient (Wildman–Crippen LogP) is 15.4. The lowest BCUT2D eigenvalue weighted by molar-refractivity contribution is -0.0431. The molecule has 6 aromatic carbocycles. The third-order valence-electron chi connectivity index (χ3n) is 22.1. The average Bonchev–Trinajstić information content (AvgIpc) is 1.08. The maximum absolute atomic E-state index is 12.4. The van der Waals surface area contributed by atoms with Crippen LogP contribution >= 0.6 is 0 Å². The molecule has 3 saturated carbocycles. The molecule has 8 heterocycles. The van der Waals surface area contributed by atoms with E-state index in [9.17, 15) is 15.2 Å². The summed E-state index contributed by atoms with van der Waals surface area (Å²) in [5, 5.41) is 43.0. The van der Waals surface area contributed by atoms with Crippen LogP contribution in [0.15, 0.2) is 171 Å². The molecule has 17 rings (SSSR count). The topological polar surface area (TPSA) is 278 Å². The van der Waals surface area contributed by atoms with Crippen LogP contribution in [0.5, 0.6) is 23.0 Å². The normalized spacial score (nSPS) is 15.4. The molecule has 2 saturated heterocycles. The van der Waals surface area contributed by atoms with Gasteiger partial charge in [-0.1, -0.05) is 13.5 Å². The Bertz CT molecular complexity index is 5410. The number of nitriles is 1. The van der Waals surface area contributed by atoms with Gasteiger partial charge in [-0.05, 0) is 182 Å². The number of hydrogen-bond donors (Lipinski definition) is 2. The molecule has 0 unspecified atom stereocenters. The van der Waals surface area contributed by atoms with E-state index in [-0.39, 0.29) is 20.1 Å². The molecule has 6 aromatic heterocycles. The van der Waals surface area contributed by atoms with Gasteiger partial charge in [0.2, 0.25) is 0 Å². The van der Waals surface area contributed by atoms with Crippen molar-refractivity contribution in [3.8, 4) is 62.8 Å². The Morgan fingerprint density at radius 2 is 0.915 bits per heavy atom. The van der Waals surface area contributed by atoms with Crippen LogP contribution in [-0.4, -0.2) is 208 Å². The number of piperazine rings is 1. The van der Waals surface area contributed by atoms with Gasteiger partial charge in [0.05, 0.1) is 140 Å². The van der Waals surface area contributed by atoms with Crippen LogP contribution in [0, 0.1) is 29.1 Å². The van der Waals surface area contributed by atoms with E-state index in [1.807, 2.05) is 112 Å². The van der Waals surface area contributed by atoms with E-state index in [4.69, 9.17) is 53.7 Å². The highest BCUT2D eigenvalue weighted by atomic mass is 16.6. The van der Waals surface area contributed by atoms with Crippen LogP contribution in [0.2, 0.25) is 0 Å². The quantitative estimate of drug-likeness (QED) is 0.0461. The zero-order valence-electron chi connectivity index (χ0n) is 68.2. The number of anilines is 6. The van der Waals surface area contributed by atoms with Crippen molar-refractivity contribution in [2.24, 2.45) is 24.8 Å². The maximum atomic E-state index is 12.4. The van der Waals surface area contributed by atoms with Crippen LogP contribution in [0.1, 0.15) is 98.0 Å². The first-order valence-corrected chi connectivity index (χ1v) is 40.7. The summed E-state index contributed by atoms with van der Waals surface area (Å²) in [5.41, 5.74) is 15.5. The molecule has 12 aromatic rings. The average molecular weight is 1600 g/mol. The number of aromatic nitrogens is 12. The molecule has 0 spiro atoms. The van der Waals surface area contributed by atoms with Crippen molar-refractivity contribution >= 4 is 73.3 Å². The number of aryl methyl sites for hydroxylation is 2. The molecule has 5 fully saturated rings. The molecule has 616 valence electrons. The third-order valence-corrected chi connectivity index (χ3v) is 22.1. The number of carbonyl (C=O) groups is 1. The predicted molar refractivity (Wildman–Crippen MR) is 461 cm³/mol. The third kappa shape index (κ3) is 21.3. The van der Waals surface area contributed by atoms with E-state index in [0.717, 1.165) is 197 Å². The number of nitrogens with zero attached hydrogens (tertiary/aromatic N) is 19. The summed E-state index contributed by atoms with van der Waals surface area (Å²) in [7, 11) is 8.58. The Morgan fingerprint density at radius 1 is 0.500 bits per heavy atom. The fourth-order valence-corrected chi connectivity index (χ4v) is 14.9. The molecule has 118 heavy (non-hydrogen) atoms. The zero-order valence-corrected chi connectivity index (χ0v) is 68.2. The minimum absolute atomic E-state index is 0. The van der Waals surface area contributed by atoms with Gasteiger partial charge in [0, 0.05) is 191 Å². The second-order valence-electron chi connectivity index (χ2n) is 32.4. The number of fused-ring (bicyclic) bond motifs is 3. The van der Waals surface area contributed by atoms with Gasteiger partial charge in [-0.2, -0.15) is 20.6 Å². The van der Waals surface area contributed by atoms with Crippen LogP contribution in [0.3, 0.4) is 0 Å². The van der Waals surface area contributed by atoms with Crippen molar-refractivity contribution in [1.29, 1.82) is 5.26 Å². The molecule has 0 atom stereocenters. The fraction of sp³-hybridized carbons (Fsp3) is 0.418. The highest BCUT2D eigenvalue weighted by Crippen LogP contribution is 2.43. The number of ether oxygens (including phenoxy) is 5. The van der Waals surface area contributed by atoms with E-state index in [0.29, 0.717) is 61.5 Å². The van der Waals surface area contributed by atoms with Crippen LogP contribution < -0.4 is 33.6 Å². The lowest BCUT2D eigenvalue weighted by Gasteiger charge is -2.38. The summed E-state index contributed by atoms with van der Waals surface area (Å²) < 4.78 is 33.2. The van der Waals surface area contributed by atoms with Gasteiger partial charge in [-0.15, -0.1) is 0 Å². The molecule has 0 bridgehead atoms. The summed E-state index contributed by atoms with van der Waals surface area (Å²) in [4.78, 5) is 54.8. The fourth-order valence-electron chi connectivity index (χ4n) is 14.9. The standard InChI is InChI=1S/C34H42N6O5.C33H43N7O3.C23H20N6.CH4/c1-33(2,3)45-32(41)38-12-10-34(42,11-13-38)22-39-21-24(18-36-39)31-19-35-29-9-8-25(16-30(29)37-31)40(20-23-6-7-23)26-14-27(43-4)17-28(15-26)44-5;1-42-29-17-28(18-30(20-29)43-2)40(23-25-5-6-25)27-7-8-31-32(19-27)36-33(22-34-31)26-21-35-39(24-26)11-3-9-37-12-14-38(15-13-37)10-4-16-41;1-28-15-18(12-26-28)23-13-25-21-8-7-20(10-22(21)27-23)29(14-16-5-6-16)19-4-2-3-17(9-19)11-24;/h8-9,14-19,21,23,42H,6-7,10-13,20,22H2,1-5H3;7-8,17-22,24-25,41H,3-6,9-16,23H2,1-2H3;2-4,7-10,12-13,15-16H,5-6,14H2,1H3;1H4. The van der Waals surface area contributed by atoms with Crippen LogP contribution in [-0.2, 0) is 24.9 Å². The summed E-state index contributed by atoms with van der Waals surface area (Å²) in [6.45, 7) is 17.0. The van der Waals surface area contributed by atoms with Gasteiger partial charge < -0.3 is 63.3 Å². The van der Waals surface area contributed by atoms with Gasteiger partial charge in [0.1, 0.15) is 28.6 Å². The van der Waals surface area contributed by atoms with E-state index < -0.39 is 11.2 Å². The Labute approximate surface area is 690 Å². The van der Waals surface area contributed by atoms with Gasteiger partial charge in [0.15, 0.2) is 0 Å². The van der Waals surface area contributed by atoms with E-state index in [2.05, 4.69) is 118 Å². The Balaban J connectivity index is 0.000000148. The van der Waals surface area contributed by atoms with Gasteiger partial charge in [-0.3, -0.25) is 29.0 Å². The van der Waals surface area contributed by atoms with Crippen LogP contribution in [0.25, 0.3) is 66.9 Å². The first-order chi connectivity index (χ1) is 56.8. The molecule has 2 N–H and O–H groups in total. The minimum Gasteiger partial charge on any atom is -0.497 e. The lowest BCUT2D eigenvalue weighted by Crippen LogP contribution is -2.49. The number of likely N-dealkylation sites (tertiary alicyclic amines) is 1. The molecule has 2 aliphatic heterocycles. The SMILES string of the molecule is C.COc1cc(OC)cc(N(CC2CC2)c2ccc3ncc(-c4cnn(CC5(O)CCN(C(=O)OC(C)(C)C)CC5)c4)nc3c2)c1.COc1cc(OC)cc(N(CC2CC2)c2ccc3ncc(-c4cnn(CCCN5CCN(CCCO)CC5)c4)nc3c2)c1.Cn1cc(-c2cnc3ccc(N(CC4CC4)c4cccc(C#N)c4)cc3n2)cn1. The monoisotopic (exact) mass is 1600 g/mol. The van der Waals surface area contributed by atoms with Crippen LogP contribution in [0.4, 0.5) is 38.9 Å². The van der Waals surface area contributed by atoms with Gasteiger partial charge in [0.25, 0.3) is 0 Å². The number of amides is 1. The van der Waals surface area contributed by atoms with E-state index in [1.165, 1.54) is 38.5 Å². The molecular formula is C91H109N19O8. The lowest BCUT2D eigenvalue weighted by atomic mass is 9.91. The second kappa shape index (κ2) is 37.2. The number of aliphatic hydroxyl groups excluding tert-OH is 1. The first-order valence-electron chi connectivity index (χ1n) is 40.7. The number of piperidine rings is 1. The van der Waals surface area contributed by atoms with Crippen molar-refractivity contribution in [1.82, 2.24) is 73.9 Å². The van der Waals surface area contributed by atoms with Crippen molar-refractivity contribution < 1.29 is 38.7 Å². The summed E-state index contributed by atoms with van der Waals surface area (Å²) >= 11 is 0. The van der Waals surface area contributed by atoms with Gasteiger partial charge >= 0.3 is 6.09 Å². The van der Waals surface area contributed by atoms with Gasteiger partial charge in [-0.25, -0.2) is 19.7 Å². The number of carbonyl (C=O) groups excluding carboxylic acids is 1. The number of aliphatic hydroxyl groups is 2. The highest BCUT2D eigenvalue weighted by Gasteiger charge is 2.37. The molecule has 1 amide bonds. The number of benzene rings is 6. The first kappa shape index (κ1) is 82.7. The van der Waals surface area contributed by atoms with Crippen molar-refractivity contribution in [3.05, 3.63) is 177 Å². The Morgan fingerprint density at radius 3 is 1.33 bits per heavy atom. The number of hydrogen-bond acceptors (Lipinski definition) is 23.